The fourth-order valence-electron chi connectivity index (χ4n) is 4.92. The van der Waals surface area contributed by atoms with Crippen molar-refractivity contribution in [2.45, 2.75) is 40.2 Å². The fraction of sp³-hybridized carbons (Fsp3) is 0.229. The van der Waals surface area contributed by atoms with Crippen LogP contribution in [0.15, 0.2) is 87.2 Å². The topological polar surface area (TPSA) is 74.9 Å². The molecule has 4 aromatic carbocycles. The minimum Gasteiger partial charge on any atom is -0.494 e. The molecule has 5 aromatic rings. The average Bonchev–Trinajstić information content (AvgIpc) is 3.00. The molecule has 0 atom stereocenters. The van der Waals surface area contributed by atoms with Gasteiger partial charge in [0.25, 0.3) is 5.56 Å². The van der Waals surface area contributed by atoms with Gasteiger partial charge in [0.15, 0.2) is 17.3 Å². The smallest absolute Gasteiger partial charge is 0.282 e. The van der Waals surface area contributed by atoms with E-state index >= 15 is 0 Å². The Morgan fingerprint density at radius 1 is 1.02 bits per heavy atom. The number of methoxy groups -OCH3 is 1. The minimum absolute atomic E-state index is 0.198. The second-order valence-corrected chi connectivity index (χ2v) is 11.8. The molecule has 9 heteroatoms. The van der Waals surface area contributed by atoms with E-state index in [-0.39, 0.29) is 18.1 Å². The van der Waals surface area contributed by atoms with Crippen molar-refractivity contribution in [3.05, 3.63) is 115 Å². The van der Waals surface area contributed by atoms with Gasteiger partial charge < -0.3 is 14.2 Å². The zero-order valence-electron chi connectivity index (χ0n) is 25.2. The summed E-state index contributed by atoms with van der Waals surface area (Å²) in [5.74, 6) is 2.50. The van der Waals surface area contributed by atoms with Crippen LogP contribution in [0.5, 0.6) is 17.2 Å². The maximum Gasteiger partial charge on any atom is 0.282 e. The number of fused-ring (bicyclic) bond motifs is 1. The molecule has 1 aromatic heterocycles. The van der Waals surface area contributed by atoms with E-state index < -0.39 is 0 Å². The molecule has 0 N–H and O–H groups in total. The Labute approximate surface area is 270 Å². The van der Waals surface area contributed by atoms with E-state index in [1.54, 1.807) is 25.5 Å². The second-order valence-electron chi connectivity index (χ2n) is 10.5. The van der Waals surface area contributed by atoms with Crippen LogP contribution in [-0.4, -0.2) is 29.6 Å². The molecule has 0 saturated heterocycles. The lowest BCUT2D eigenvalue weighted by Gasteiger charge is -2.18. The summed E-state index contributed by atoms with van der Waals surface area (Å²) < 4.78 is 19.7. The molecule has 226 valence electrons. The lowest BCUT2D eigenvalue weighted by molar-refractivity contribution is 0.282. The van der Waals surface area contributed by atoms with Crippen molar-refractivity contribution < 1.29 is 14.2 Å². The molecule has 0 saturated carbocycles. The van der Waals surface area contributed by atoms with Crippen LogP contribution in [0.25, 0.3) is 22.3 Å². The number of nitrogens with zero attached hydrogens (tertiary/aromatic N) is 3. The first kappa shape index (κ1) is 31.3. The molecule has 0 amide bonds. The van der Waals surface area contributed by atoms with Crippen molar-refractivity contribution in [2.75, 3.05) is 13.7 Å². The number of aryl methyl sites for hydroxylation is 1. The number of rotatable bonds is 10. The maximum atomic E-state index is 13.9. The number of aromatic nitrogens is 2. The Balaban J connectivity index is 1.59. The first-order valence-corrected chi connectivity index (χ1v) is 15.5. The number of hydrogen-bond acceptors (Lipinski definition) is 6. The summed E-state index contributed by atoms with van der Waals surface area (Å²) in [5.41, 5.74) is 4.64. The van der Waals surface area contributed by atoms with Gasteiger partial charge in [0.2, 0.25) is 0 Å². The highest BCUT2D eigenvalue weighted by molar-refractivity contribution is 9.10. The number of ether oxygens (including phenoxy) is 3. The summed E-state index contributed by atoms with van der Waals surface area (Å²) >= 11 is 9.92. The predicted octanol–water partition coefficient (Wildman–Crippen LogP) is 8.78. The molecule has 1 heterocycles. The van der Waals surface area contributed by atoms with Crippen molar-refractivity contribution >= 4 is 44.6 Å². The van der Waals surface area contributed by atoms with Crippen LogP contribution in [0, 0.1) is 6.92 Å². The summed E-state index contributed by atoms with van der Waals surface area (Å²) in [7, 11) is 1.57. The Morgan fingerprint density at radius 3 is 2.50 bits per heavy atom. The number of para-hydroxylation sites is 1. The first-order chi connectivity index (χ1) is 21.2. The van der Waals surface area contributed by atoms with Gasteiger partial charge in [0.05, 0.1) is 35.3 Å². The summed E-state index contributed by atoms with van der Waals surface area (Å²) in [4.78, 5) is 18.8. The highest BCUT2D eigenvalue weighted by atomic mass is 79.9. The highest BCUT2D eigenvalue weighted by Gasteiger charge is 2.19. The minimum atomic E-state index is -0.271. The van der Waals surface area contributed by atoms with Crippen LogP contribution >= 0.6 is 27.5 Å². The van der Waals surface area contributed by atoms with Gasteiger partial charge in [-0.1, -0.05) is 55.8 Å². The van der Waals surface area contributed by atoms with Crippen LogP contribution in [0.3, 0.4) is 0 Å². The fourth-order valence-corrected chi connectivity index (χ4v) is 5.68. The molecule has 0 spiro atoms. The van der Waals surface area contributed by atoms with E-state index in [2.05, 4.69) is 40.9 Å². The summed E-state index contributed by atoms with van der Waals surface area (Å²) in [6, 6.07) is 22.5. The molecule has 0 aliphatic rings. The molecule has 5 rings (SSSR count). The Morgan fingerprint density at radius 2 is 1.77 bits per heavy atom. The van der Waals surface area contributed by atoms with Gasteiger partial charge in [0.1, 0.15) is 12.4 Å². The standard InChI is InChI=1S/C35H33BrClN3O4/c1-6-43-31-15-22(4)27(18-26(31)21(2)3)34-39-30-14-10-8-12-25(30)35(41)40(34)38-19-23-16-28(36)33(32(17-23)42-5)44-20-24-11-7-9-13-29(24)37/h7-19,21H,6,20H2,1-5H3. The van der Waals surface area contributed by atoms with E-state index in [1.807, 2.05) is 68.4 Å². The molecule has 0 fully saturated rings. The number of hydrogen-bond donors (Lipinski definition) is 0. The first-order valence-electron chi connectivity index (χ1n) is 14.3. The van der Waals surface area contributed by atoms with Crippen LogP contribution < -0.4 is 19.8 Å². The molecule has 0 bridgehead atoms. The third kappa shape index (κ3) is 6.51. The van der Waals surface area contributed by atoms with Crippen molar-refractivity contribution in [2.24, 2.45) is 5.10 Å². The highest BCUT2D eigenvalue weighted by Crippen LogP contribution is 2.38. The lowest BCUT2D eigenvalue weighted by atomic mass is 9.96. The molecule has 0 aliphatic heterocycles. The molecular weight excluding hydrogens is 642 g/mol. The normalized spacial score (nSPS) is 11.5. The molecule has 7 nitrogen and oxygen atoms in total. The largest absolute Gasteiger partial charge is 0.494 e. The number of halogens is 2. The SMILES string of the molecule is CCOc1cc(C)c(-c2nc3ccccc3c(=O)n2N=Cc2cc(Br)c(OCc3ccccc3Cl)c(OC)c2)cc1C(C)C. The monoisotopic (exact) mass is 673 g/mol. The van der Waals surface area contributed by atoms with Crippen molar-refractivity contribution in [1.29, 1.82) is 0 Å². The van der Waals surface area contributed by atoms with Crippen molar-refractivity contribution in [1.82, 2.24) is 9.66 Å². The third-order valence-electron chi connectivity index (χ3n) is 7.18. The molecule has 44 heavy (non-hydrogen) atoms. The van der Waals surface area contributed by atoms with E-state index in [0.29, 0.717) is 49.9 Å². The third-order valence-corrected chi connectivity index (χ3v) is 8.14. The lowest BCUT2D eigenvalue weighted by Crippen LogP contribution is -2.21. The Bertz CT molecular complexity index is 1920. The van der Waals surface area contributed by atoms with Crippen LogP contribution in [0.2, 0.25) is 5.02 Å². The number of benzene rings is 4. The summed E-state index contributed by atoms with van der Waals surface area (Å²) in [5, 5.41) is 5.78. The second kappa shape index (κ2) is 13.7. The molecule has 0 radical (unpaired) electrons. The van der Waals surface area contributed by atoms with Gasteiger partial charge in [-0.2, -0.15) is 9.78 Å². The quantitative estimate of drug-likeness (QED) is 0.139. The Hall–Kier alpha value is -4.14. The Kier molecular flexibility index (Phi) is 9.71. The van der Waals surface area contributed by atoms with Crippen molar-refractivity contribution in [3.63, 3.8) is 0 Å². The van der Waals surface area contributed by atoms with Crippen LogP contribution in [0.1, 0.15) is 48.9 Å². The summed E-state index contributed by atoms with van der Waals surface area (Å²) in [6.45, 7) is 9.01. The van der Waals surface area contributed by atoms with Gasteiger partial charge in [0, 0.05) is 16.1 Å². The average molecular weight is 675 g/mol. The molecule has 0 aliphatic carbocycles. The summed E-state index contributed by atoms with van der Waals surface area (Å²) in [6.07, 6.45) is 1.61. The van der Waals surface area contributed by atoms with Gasteiger partial charge in [-0.05, 0) is 94.9 Å². The van der Waals surface area contributed by atoms with Gasteiger partial charge in [-0.3, -0.25) is 4.79 Å². The van der Waals surface area contributed by atoms with Crippen LogP contribution in [0.4, 0.5) is 0 Å². The van der Waals surface area contributed by atoms with Gasteiger partial charge >= 0.3 is 0 Å². The van der Waals surface area contributed by atoms with E-state index in [4.69, 9.17) is 30.8 Å². The molecular formula is C35H33BrClN3O4. The van der Waals surface area contributed by atoms with Crippen molar-refractivity contribution in [3.8, 4) is 28.6 Å². The van der Waals surface area contributed by atoms with Gasteiger partial charge in [-0.25, -0.2) is 4.98 Å². The van der Waals surface area contributed by atoms with Gasteiger partial charge in [-0.15, -0.1) is 0 Å². The van der Waals surface area contributed by atoms with E-state index in [1.165, 1.54) is 4.68 Å². The van der Waals surface area contributed by atoms with E-state index in [0.717, 1.165) is 28.0 Å². The zero-order chi connectivity index (χ0) is 31.4. The predicted molar refractivity (Wildman–Crippen MR) is 181 cm³/mol. The molecule has 0 unspecified atom stereocenters. The van der Waals surface area contributed by atoms with E-state index in [9.17, 15) is 4.79 Å². The van der Waals surface area contributed by atoms with Crippen LogP contribution in [-0.2, 0) is 6.61 Å². The zero-order valence-corrected chi connectivity index (χ0v) is 27.6. The maximum absolute atomic E-state index is 13.9.